The van der Waals surface area contributed by atoms with Crippen LogP contribution >= 0.6 is 0 Å². The van der Waals surface area contributed by atoms with Gasteiger partial charge in [0.2, 0.25) is 5.91 Å². The van der Waals surface area contributed by atoms with E-state index < -0.39 is 0 Å². The second kappa shape index (κ2) is 5.78. The van der Waals surface area contributed by atoms with Crippen molar-refractivity contribution in [2.24, 2.45) is 0 Å². The Morgan fingerprint density at radius 3 is 2.25 bits per heavy atom. The standard InChI is InChI=1S/C21H15NO2/c23-12-11-21(24)22-16-7-10-18-15(13-16)6-9-19-17-4-2-1-3-14(17)5-8-20(18)19/h1-10,12-13H,11H2,(H,22,24). The number of hydrogen-bond acceptors (Lipinski definition) is 2. The van der Waals surface area contributed by atoms with E-state index in [1.807, 2.05) is 24.3 Å². The first-order chi connectivity index (χ1) is 11.8. The van der Waals surface area contributed by atoms with Gasteiger partial charge in [-0.25, -0.2) is 0 Å². The fraction of sp³-hybridized carbons (Fsp3) is 0.0476. The van der Waals surface area contributed by atoms with E-state index in [9.17, 15) is 9.59 Å². The number of benzene rings is 4. The van der Waals surface area contributed by atoms with E-state index in [1.54, 1.807) is 0 Å². The lowest BCUT2D eigenvalue weighted by Crippen LogP contribution is -2.11. The molecule has 0 heterocycles. The van der Waals surface area contributed by atoms with Gasteiger partial charge in [0.25, 0.3) is 0 Å². The minimum atomic E-state index is -0.295. The predicted octanol–water partition coefficient (Wildman–Crippen LogP) is 4.67. The molecule has 24 heavy (non-hydrogen) atoms. The maximum absolute atomic E-state index is 11.6. The third-order valence-corrected chi connectivity index (χ3v) is 4.29. The normalized spacial score (nSPS) is 11.0. The summed E-state index contributed by atoms with van der Waals surface area (Å²) in [5.41, 5.74) is 0.703. The summed E-state index contributed by atoms with van der Waals surface area (Å²) in [6.45, 7) is 0. The van der Waals surface area contributed by atoms with Crippen LogP contribution in [0.2, 0.25) is 0 Å². The maximum atomic E-state index is 11.6. The summed E-state index contributed by atoms with van der Waals surface area (Å²) < 4.78 is 0. The van der Waals surface area contributed by atoms with E-state index in [1.165, 1.54) is 21.5 Å². The van der Waals surface area contributed by atoms with Crippen LogP contribution in [-0.4, -0.2) is 12.2 Å². The topological polar surface area (TPSA) is 46.2 Å². The number of aldehydes is 1. The van der Waals surface area contributed by atoms with Crippen molar-refractivity contribution in [1.29, 1.82) is 0 Å². The van der Waals surface area contributed by atoms with Gasteiger partial charge in [-0.05, 0) is 44.5 Å². The van der Waals surface area contributed by atoms with Crippen LogP contribution in [0.3, 0.4) is 0 Å². The molecule has 1 amide bonds. The third kappa shape index (κ3) is 2.40. The minimum absolute atomic E-state index is 0.123. The van der Waals surface area contributed by atoms with E-state index in [4.69, 9.17) is 0 Å². The van der Waals surface area contributed by atoms with Gasteiger partial charge in [0.05, 0.1) is 6.42 Å². The van der Waals surface area contributed by atoms with Crippen LogP contribution in [0.5, 0.6) is 0 Å². The Hall–Kier alpha value is -3.20. The number of carbonyl (C=O) groups is 2. The Bertz CT molecular complexity index is 1100. The van der Waals surface area contributed by atoms with Gasteiger partial charge in [0, 0.05) is 5.69 Å². The van der Waals surface area contributed by atoms with Gasteiger partial charge in [0.1, 0.15) is 6.29 Å². The molecule has 0 saturated heterocycles. The number of rotatable bonds is 3. The van der Waals surface area contributed by atoms with Crippen molar-refractivity contribution >= 4 is 50.2 Å². The lowest BCUT2D eigenvalue weighted by Gasteiger charge is -2.09. The Kier molecular flexibility index (Phi) is 3.47. The molecule has 0 unspecified atom stereocenters. The van der Waals surface area contributed by atoms with Gasteiger partial charge >= 0.3 is 0 Å². The SMILES string of the molecule is O=CCC(=O)Nc1ccc2c(ccc3c4ccccc4ccc23)c1. The third-order valence-electron chi connectivity index (χ3n) is 4.29. The summed E-state index contributed by atoms with van der Waals surface area (Å²) in [4.78, 5) is 22.0. The molecule has 0 saturated carbocycles. The van der Waals surface area contributed by atoms with Crippen LogP contribution < -0.4 is 5.32 Å². The molecule has 0 atom stereocenters. The van der Waals surface area contributed by atoms with Gasteiger partial charge < -0.3 is 10.1 Å². The molecule has 0 spiro atoms. The highest BCUT2D eigenvalue weighted by atomic mass is 16.2. The number of nitrogens with one attached hydrogen (secondary N) is 1. The molecule has 0 aromatic heterocycles. The van der Waals surface area contributed by atoms with Crippen LogP contribution in [0.25, 0.3) is 32.3 Å². The Balaban J connectivity index is 1.88. The van der Waals surface area contributed by atoms with Crippen molar-refractivity contribution in [2.75, 3.05) is 5.32 Å². The molecule has 116 valence electrons. The molecule has 4 aromatic rings. The molecule has 1 N–H and O–H groups in total. The summed E-state index contributed by atoms with van der Waals surface area (Å²) in [7, 11) is 0. The van der Waals surface area contributed by atoms with Crippen LogP contribution in [-0.2, 0) is 9.59 Å². The average Bonchev–Trinajstić information content (AvgIpc) is 2.61. The monoisotopic (exact) mass is 313 g/mol. The van der Waals surface area contributed by atoms with Crippen molar-refractivity contribution in [3.05, 3.63) is 66.7 Å². The largest absolute Gasteiger partial charge is 0.326 e. The van der Waals surface area contributed by atoms with Crippen LogP contribution in [0.15, 0.2) is 66.7 Å². The van der Waals surface area contributed by atoms with Crippen molar-refractivity contribution in [1.82, 2.24) is 0 Å². The number of fused-ring (bicyclic) bond motifs is 5. The first-order valence-electron chi connectivity index (χ1n) is 7.84. The highest BCUT2D eigenvalue weighted by molar-refractivity contribution is 6.17. The molecule has 0 fully saturated rings. The molecule has 0 aliphatic heterocycles. The first kappa shape index (κ1) is 14.4. The van der Waals surface area contributed by atoms with Gasteiger partial charge in [0.15, 0.2) is 0 Å². The maximum Gasteiger partial charge on any atom is 0.231 e. The Morgan fingerprint density at radius 2 is 1.46 bits per heavy atom. The van der Waals surface area contributed by atoms with Crippen molar-refractivity contribution in [3.8, 4) is 0 Å². The van der Waals surface area contributed by atoms with E-state index >= 15 is 0 Å². The lowest BCUT2D eigenvalue weighted by atomic mass is 9.97. The molecular formula is C21H15NO2. The van der Waals surface area contributed by atoms with Gasteiger partial charge in [-0.15, -0.1) is 0 Å². The second-order valence-corrected chi connectivity index (χ2v) is 5.80. The number of hydrogen-bond donors (Lipinski definition) is 1. The molecule has 0 aliphatic carbocycles. The Morgan fingerprint density at radius 1 is 0.792 bits per heavy atom. The van der Waals surface area contributed by atoms with Crippen molar-refractivity contribution in [2.45, 2.75) is 6.42 Å². The predicted molar refractivity (Wildman–Crippen MR) is 98.3 cm³/mol. The fourth-order valence-electron chi connectivity index (χ4n) is 3.19. The van der Waals surface area contributed by atoms with Crippen LogP contribution in [0.4, 0.5) is 5.69 Å². The summed E-state index contributed by atoms with van der Waals surface area (Å²) in [5.74, 6) is -0.295. The van der Waals surface area contributed by atoms with Gasteiger partial charge in [-0.3, -0.25) is 4.79 Å². The summed E-state index contributed by atoms with van der Waals surface area (Å²) in [6.07, 6.45) is 0.483. The van der Waals surface area contributed by atoms with Gasteiger partial charge in [-0.1, -0.05) is 54.6 Å². The molecule has 3 nitrogen and oxygen atoms in total. The van der Waals surface area contributed by atoms with E-state index in [-0.39, 0.29) is 12.3 Å². The second-order valence-electron chi connectivity index (χ2n) is 5.80. The van der Waals surface area contributed by atoms with Crippen molar-refractivity contribution in [3.63, 3.8) is 0 Å². The molecule has 4 aromatic carbocycles. The minimum Gasteiger partial charge on any atom is -0.326 e. The van der Waals surface area contributed by atoms with Crippen LogP contribution in [0, 0.1) is 0 Å². The Labute approximate surface area is 138 Å². The molecule has 0 bridgehead atoms. The lowest BCUT2D eigenvalue weighted by molar-refractivity contribution is -0.119. The van der Waals surface area contributed by atoms with E-state index in [0.717, 1.165) is 10.8 Å². The smallest absolute Gasteiger partial charge is 0.231 e. The van der Waals surface area contributed by atoms with Crippen LogP contribution in [0.1, 0.15) is 6.42 Å². The fourth-order valence-corrected chi connectivity index (χ4v) is 3.19. The zero-order valence-electron chi connectivity index (χ0n) is 13.0. The quantitative estimate of drug-likeness (QED) is 0.339. The zero-order chi connectivity index (χ0) is 16.5. The molecule has 3 heteroatoms. The first-order valence-corrected chi connectivity index (χ1v) is 7.84. The summed E-state index contributed by atoms with van der Waals surface area (Å²) in [6, 6.07) is 22.6. The van der Waals surface area contributed by atoms with E-state index in [0.29, 0.717) is 12.0 Å². The molecule has 0 aliphatic rings. The molecular weight excluding hydrogens is 298 g/mol. The highest BCUT2D eigenvalue weighted by Gasteiger charge is 2.06. The van der Waals surface area contributed by atoms with Gasteiger partial charge in [-0.2, -0.15) is 0 Å². The highest BCUT2D eigenvalue weighted by Crippen LogP contribution is 2.32. The number of amides is 1. The van der Waals surface area contributed by atoms with Crippen molar-refractivity contribution < 1.29 is 9.59 Å². The van der Waals surface area contributed by atoms with E-state index in [2.05, 4.69) is 47.8 Å². The molecule has 4 rings (SSSR count). The molecule has 0 radical (unpaired) electrons. The zero-order valence-corrected chi connectivity index (χ0v) is 13.0. The number of carbonyl (C=O) groups excluding carboxylic acids is 2. The summed E-state index contributed by atoms with van der Waals surface area (Å²) >= 11 is 0. The summed E-state index contributed by atoms with van der Waals surface area (Å²) in [5, 5.41) is 9.82. The number of anilines is 1. The average molecular weight is 313 g/mol.